The Morgan fingerprint density at radius 3 is 2.69 bits per heavy atom. The molecule has 29 heavy (non-hydrogen) atoms. The lowest BCUT2D eigenvalue weighted by atomic mass is 10.0. The van der Waals surface area contributed by atoms with E-state index in [0.29, 0.717) is 24.2 Å². The summed E-state index contributed by atoms with van der Waals surface area (Å²) in [6.07, 6.45) is -2.41. The number of hydrogen-bond acceptors (Lipinski definition) is 5. The molecule has 0 bridgehead atoms. The molecular weight excluding hydrogens is 380 g/mol. The normalized spacial score (nSPS) is 16.1. The summed E-state index contributed by atoms with van der Waals surface area (Å²) in [6, 6.07) is 3.93. The van der Waals surface area contributed by atoms with Crippen LogP contribution in [-0.2, 0) is 13.0 Å². The van der Waals surface area contributed by atoms with Gasteiger partial charge in [0.25, 0.3) is 17.9 Å². The van der Waals surface area contributed by atoms with Gasteiger partial charge in [0.2, 0.25) is 5.95 Å². The quantitative estimate of drug-likeness (QED) is 0.711. The summed E-state index contributed by atoms with van der Waals surface area (Å²) in [7, 11) is 1.43. The summed E-state index contributed by atoms with van der Waals surface area (Å²) < 4.78 is 29.0. The van der Waals surface area contributed by atoms with Crippen molar-refractivity contribution >= 4 is 11.9 Å². The Kier molecular flexibility index (Phi) is 5.97. The largest absolute Gasteiger partial charge is 0.355 e. The summed E-state index contributed by atoms with van der Waals surface area (Å²) in [6.45, 7) is 6.14. The number of alkyl halides is 2. The highest BCUT2D eigenvalue weighted by molar-refractivity contribution is 5.94. The molecule has 0 unspecified atom stereocenters. The smallest absolute Gasteiger partial charge is 0.265 e. The number of nitrogens with one attached hydrogen (secondary N) is 3. The minimum atomic E-state index is -2.87. The lowest BCUT2D eigenvalue weighted by Crippen LogP contribution is -2.40. The van der Waals surface area contributed by atoms with Gasteiger partial charge >= 0.3 is 0 Å². The molecule has 1 amide bonds. The van der Waals surface area contributed by atoms with Gasteiger partial charge in [-0.05, 0) is 45.4 Å². The van der Waals surface area contributed by atoms with Crippen LogP contribution in [0.2, 0.25) is 0 Å². The third kappa shape index (κ3) is 4.14. The lowest BCUT2D eigenvalue weighted by Gasteiger charge is -2.26. The average Bonchev–Trinajstić information content (AvgIpc) is 2.67. The monoisotopic (exact) mass is 405 g/mol. The van der Waals surface area contributed by atoms with Crippen LogP contribution in [0.3, 0.4) is 0 Å². The van der Waals surface area contributed by atoms with Gasteiger partial charge in [-0.3, -0.25) is 9.59 Å². The number of nitrogens with zero attached hydrogens (tertiary/aromatic N) is 2. The highest BCUT2D eigenvalue weighted by Gasteiger charge is 2.26. The number of anilines is 1. The zero-order chi connectivity index (χ0) is 21.3. The van der Waals surface area contributed by atoms with Crippen molar-refractivity contribution in [3.8, 4) is 5.69 Å². The summed E-state index contributed by atoms with van der Waals surface area (Å²) in [5, 5.41) is 8.76. The Hall–Kier alpha value is -2.81. The molecule has 1 aromatic heterocycles. The summed E-state index contributed by atoms with van der Waals surface area (Å²) >= 11 is 0. The van der Waals surface area contributed by atoms with E-state index in [9.17, 15) is 18.4 Å². The minimum absolute atomic E-state index is 0.0160. The maximum Gasteiger partial charge on any atom is 0.265 e. The van der Waals surface area contributed by atoms with Gasteiger partial charge in [0.1, 0.15) is 0 Å². The fraction of sp³-hybridized carbons (Fsp3) is 0.450. The van der Waals surface area contributed by atoms with Gasteiger partial charge in [0, 0.05) is 42.4 Å². The molecular formula is C20H25F2N5O2. The molecule has 3 N–H and O–H groups in total. The van der Waals surface area contributed by atoms with Crippen molar-refractivity contribution in [1.82, 2.24) is 20.2 Å². The van der Waals surface area contributed by atoms with Crippen LogP contribution in [0.1, 0.15) is 54.4 Å². The molecule has 0 spiro atoms. The Morgan fingerprint density at radius 2 is 2.07 bits per heavy atom. The van der Waals surface area contributed by atoms with E-state index in [1.54, 1.807) is 0 Å². The molecule has 7 nitrogen and oxygen atoms in total. The first-order valence-electron chi connectivity index (χ1n) is 9.52. The molecule has 0 radical (unpaired) electrons. The second-order valence-electron chi connectivity index (χ2n) is 7.44. The van der Waals surface area contributed by atoms with Crippen LogP contribution in [-0.4, -0.2) is 34.6 Å². The van der Waals surface area contributed by atoms with Crippen molar-refractivity contribution < 1.29 is 13.6 Å². The minimum Gasteiger partial charge on any atom is -0.355 e. The van der Waals surface area contributed by atoms with Crippen molar-refractivity contribution in [3.63, 3.8) is 0 Å². The number of amides is 1. The molecule has 1 atom stereocenters. The van der Waals surface area contributed by atoms with Gasteiger partial charge in [-0.25, -0.2) is 18.3 Å². The number of carbonyl (C=O) groups is 1. The van der Waals surface area contributed by atoms with Crippen LogP contribution < -0.4 is 21.5 Å². The summed E-state index contributed by atoms with van der Waals surface area (Å²) in [5.74, 6) is -0.274. The predicted octanol–water partition coefficient (Wildman–Crippen LogP) is 2.38. The van der Waals surface area contributed by atoms with Crippen LogP contribution in [0.25, 0.3) is 5.69 Å². The Morgan fingerprint density at radius 1 is 1.34 bits per heavy atom. The van der Waals surface area contributed by atoms with Crippen LogP contribution in [0.4, 0.5) is 14.7 Å². The number of fused-ring (bicyclic) bond motifs is 1. The zero-order valence-corrected chi connectivity index (χ0v) is 16.8. The maximum atomic E-state index is 13.9. The molecule has 0 saturated carbocycles. The van der Waals surface area contributed by atoms with Crippen molar-refractivity contribution in [2.45, 2.75) is 52.2 Å². The second-order valence-corrected chi connectivity index (χ2v) is 7.44. The SMILES string of the molecule is CNC(=O)c1ccc(-n2c(NC(C)C)nc3c(c2=O)C[C@@H](C)NC3)c(C(F)F)c1. The number of hydrogen-bond donors (Lipinski definition) is 3. The number of benzene rings is 1. The number of halogens is 2. The first-order valence-corrected chi connectivity index (χ1v) is 9.52. The fourth-order valence-electron chi connectivity index (χ4n) is 3.40. The van der Waals surface area contributed by atoms with Crippen LogP contribution >= 0.6 is 0 Å². The summed E-state index contributed by atoms with van der Waals surface area (Å²) in [5.41, 5.74) is 0.475. The summed E-state index contributed by atoms with van der Waals surface area (Å²) in [4.78, 5) is 29.8. The van der Waals surface area contributed by atoms with E-state index in [1.165, 1.54) is 23.7 Å². The van der Waals surface area contributed by atoms with Crippen molar-refractivity contribution in [2.75, 3.05) is 12.4 Å². The fourth-order valence-corrected chi connectivity index (χ4v) is 3.40. The third-order valence-electron chi connectivity index (χ3n) is 4.80. The van der Waals surface area contributed by atoms with E-state index in [4.69, 9.17) is 0 Å². The lowest BCUT2D eigenvalue weighted by molar-refractivity contribution is 0.0962. The molecule has 0 fully saturated rings. The van der Waals surface area contributed by atoms with E-state index in [1.807, 2.05) is 20.8 Å². The van der Waals surface area contributed by atoms with E-state index in [-0.39, 0.29) is 34.8 Å². The first-order chi connectivity index (χ1) is 13.7. The number of rotatable bonds is 5. The average molecular weight is 405 g/mol. The molecule has 2 aromatic rings. The Balaban J connectivity index is 2.28. The Labute approximate surface area is 167 Å². The van der Waals surface area contributed by atoms with Crippen LogP contribution in [0.15, 0.2) is 23.0 Å². The third-order valence-corrected chi connectivity index (χ3v) is 4.80. The van der Waals surface area contributed by atoms with Crippen molar-refractivity contribution in [3.05, 3.63) is 50.9 Å². The predicted molar refractivity (Wildman–Crippen MR) is 107 cm³/mol. The molecule has 2 heterocycles. The van der Waals surface area contributed by atoms with Gasteiger partial charge in [0.15, 0.2) is 0 Å². The molecule has 9 heteroatoms. The zero-order valence-electron chi connectivity index (χ0n) is 16.8. The number of carbonyl (C=O) groups excluding carboxylic acids is 1. The second kappa shape index (κ2) is 8.28. The molecule has 0 aliphatic carbocycles. The van der Waals surface area contributed by atoms with E-state index < -0.39 is 17.9 Å². The van der Waals surface area contributed by atoms with E-state index in [2.05, 4.69) is 20.9 Å². The maximum absolute atomic E-state index is 13.9. The van der Waals surface area contributed by atoms with Crippen LogP contribution in [0, 0.1) is 0 Å². The van der Waals surface area contributed by atoms with Gasteiger partial charge in [-0.2, -0.15) is 0 Å². The van der Waals surface area contributed by atoms with Gasteiger partial charge in [-0.1, -0.05) is 0 Å². The van der Waals surface area contributed by atoms with Crippen molar-refractivity contribution in [1.29, 1.82) is 0 Å². The van der Waals surface area contributed by atoms with Gasteiger partial charge in [-0.15, -0.1) is 0 Å². The van der Waals surface area contributed by atoms with Gasteiger partial charge in [0.05, 0.1) is 11.4 Å². The van der Waals surface area contributed by atoms with Crippen LogP contribution in [0.5, 0.6) is 0 Å². The molecule has 1 aromatic carbocycles. The van der Waals surface area contributed by atoms with Crippen molar-refractivity contribution in [2.24, 2.45) is 0 Å². The van der Waals surface area contributed by atoms with E-state index >= 15 is 0 Å². The van der Waals surface area contributed by atoms with E-state index in [0.717, 1.165) is 6.07 Å². The first kappa shape index (κ1) is 20.9. The molecule has 0 saturated heterocycles. The highest BCUT2D eigenvalue weighted by Crippen LogP contribution is 2.29. The standard InChI is InChI=1S/C20H25F2N5O2/c1-10(2)25-20-26-15-9-24-11(3)7-13(15)19(29)27(20)16-6-5-12(18(28)23-4)8-14(16)17(21)22/h5-6,8,10-11,17,24H,7,9H2,1-4H3,(H,23,28)(H,25,26)/t11-/m1/s1. The molecule has 156 valence electrons. The topological polar surface area (TPSA) is 88.1 Å². The van der Waals surface area contributed by atoms with Gasteiger partial charge < -0.3 is 16.0 Å². The molecule has 1 aliphatic heterocycles. The Bertz CT molecular complexity index is 988. The molecule has 1 aliphatic rings. The number of aromatic nitrogens is 2. The molecule has 3 rings (SSSR count). The highest BCUT2D eigenvalue weighted by atomic mass is 19.3.